The summed E-state index contributed by atoms with van der Waals surface area (Å²) in [6.07, 6.45) is 2.34. The van der Waals surface area contributed by atoms with Crippen molar-refractivity contribution in [1.29, 1.82) is 0 Å². The number of hydrogen-bond acceptors (Lipinski definition) is 3. The molecule has 6 nitrogen and oxygen atoms in total. The van der Waals surface area contributed by atoms with Gasteiger partial charge in [-0.3, -0.25) is 0 Å². The molecule has 0 saturated carbocycles. The maximum absolute atomic E-state index is 12.6. The van der Waals surface area contributed by atoms with Gasteiger partial charge < -0.3 is 20.3 Å². The largest absolute Gasteiger partial charge is 0.444 e. The smallest absolute Gasteiger partial charge is 0.407 e. The number of carbonyl (C=O) groups is 2. The van der Waals surface area contributed by atoms with Crippen LogP contribution in [0.3, 0.4) is 0 Å². The van der Waals surface area contributed by atoms with Crippen LogP contribution >= 0.6 is 11.6 Å². The van der Waals surface area contributed by atoms with Crippen LogP contribution in [0, 0.1) is 0 Å². The number of piperidine rings is 1. The summed E-state index contributed by atoms with van der Waals surface area (Å²) in [5.74, 6) is 0. The van der Waals surface area contributed by atoms with Crippen LogP contribution < -0.4 is 10.6 Å². The van der Waals surface area contributed by atoms with Gasteiger partial charge in [0, 0.05) is 13.1 Å². The molecule has 138 valence electrons. The number of amides is 3. The highest BCUT2D eigenvalue weighted by atomic mass is 35.5. The molecule has 1 fully saturated rings. The third kappa shape index (κ3) is 6.12. The molecule has 0 spiro atoms. The number of nitrogens with zero attached hydrogens (tertiary/aromatic N) is 1. The molecule has 2 N–H and O–H groups in total. The van der Waals surface area contributed by atoms with E-state index in [2.05, 4.69) is 10.6 Å². The van der Waals surface area contributed by atoms with E-state index < -0.39 is 11.7 Å². The summed E-state index contributed by atoms with van der Waals surface area (Å²) in [5, 5.41) is 6.10. The molecule has 25 heavy (non-hydrogen) atoms. The van der Waals surface area contributed by atoms with Crippen LogP contribution in [0.25, 0.3) is 0 Å². The van der Waals surface area contributed by atoms with Crippen LogP contribution in [-0.4, -0.2) is 41.8 Å². The Morgan fingerprint density at radius 1 is 1.28 bits per heavy atom. The molecule has 0 aromatic heterocycles. The number of alkyl carbamates (subject to hydrolysis) is 1. The molecule has 1 heterocycles. The number of urea groups is 1. The molecule has 0 radical (unpaired) electrons. The van der Waals surface area contributed by atoms with Crippen LogP contribution in [0.15, 0.2) is 24.3 Å². The van der Waals surface area contributed by atoms with Crippen molar-refractivity contribution in [3.05, 3.63) is 29.3 Å². The molecule has 3 amide bonds. The predicted octanol–water partition coefficient (Wildman–Crippen LogP) is 4.25. The van der Waals surface area contributed by atoms with Crippen LogP contribution in [0.2, 0.25) is 5.02 Å². The lowest BCUT2D eigenvalue weighted by atomic mass is 10.0. The number of benzene rings is 1. The Morgan fingerprint density at radius 2 is 2.00 bits per heavy atom. The Bertz CT molecular complexity index is 616. The zero-order valence-corrected chi connectivity index (χ0v) is 15.7. The fourth-order valence-corrected chi connectivity index (χ4v) is 2.93. The molecule has 0 aliphatic carbocycles. The zero-order chi connectivity index (χ0) is 18.4. The van der Waals surface area contributed by atoms with Gasteiger partial charge in [0.05, 0.1) is 16.8 Å². The Balaban J connectivity index is 1.94. The monoisotopic (exact) mass is 367 g/mol. The highest BCUT2D eigenvalue weighted by molar-refractivity contribution is 6.33. The number of likely N-dealkylation sites (tertiary alicyclic amines) is 1. The third-order valence-electron chi connectivity index (χ3n) is 3.88. The van der Waals surface area contributed by atoms with Crippen molar-refractivity contribution in [3.8, 4) is 0 Å². The van der Waals surface area contributed by atoms with E-state index in [0.717, 1.165) is 19.3 Å². The molecule has 0 unspecified atom stereocenters. The van der Waals surface area contributed by atoms with E-state index in [4.69, 9.17) is 16.3 Å². The highest BCUT2D eigenvalue weighted by Gasteiger charge is 2.28. The molecule has 1 aliphatic heterocycles. The van der Waals surface area contributed by atoms with E-state index in [0.29, 0.717) is 23.8 Å². The molecule has 1 aromatic rings. The quantitative estimate of drug-likeness (QED) is 0.838. The third-order valence-corrected chi connectivity index (χ3v) is 4.21. The molecule has 7 heteroatoms. The SMILES string of the molecule is CC(C)(C)OC(=O)NC[C@@H]1CCCCN1C(=O)Nc1ccccc1Cl. The van der Waals surface area contributed by atoms with E-state index in [1.807, 2.05) is 32.9 Å². The molecule has 2 rings (SSSR count). The van der Waals surface area contributed by atoms with Gasteiger partial charge in [-0.15, -0.1) is 0 Å². The molecule has 1 atom stereocenters. The number of ether oxygens (including phenoxy) is 1. The first-order valence-electron chi connectivity index (χ1n) is 8.55. The summed E-state index contributed by atoms with van der Waals surface area (Å²) in [5.41, 5.74) is 0.0381. The van der Waals surface area contributed by atoms with Crippen molar-refractivity contribution in [2.75, 3.05) is 18.4 Å². The number of para-hydroxylation sites is 1. The van der Waals surface area contributed by atoms with E-state index in [1.165, 1.54) is 0 Å². The minimum atomic E-state index is -0.544. The molecule has 0 bridgehead atoms. The van der Waals surface area contributed by atoms with Crippen molar-refractivity contribution in [2.24, 2.45) is 0 Å². The Hall–Kier alpha value is -1.95. The Labute approximate surface area is 153 Å². The van der Waals surface area contributed by atoms with E-state index >= 15 is 0 Å². The number of rotatable bonds is 3. The van der Waals surface area contributed by atoms with Crippen molar-refractivity contribution >= 4 is 29.4 Å². The van der Waals surface area contributed by atoms with Gasteiger partial charge in [0.25, 0.3) is 0 Å². The molecule has 1 aromatic carbocycles. The van der Waals surface area contributed by atoms with Gasteiger partial charge in [-0.1, -0.05) is 23.7 Å². The number of carbonyl (C=O) groups excluding carboxylic acids is 2. The predicted molar refractivity (Wildman–Crippen MR) is 99.1 cm³/mol. The summed E-state index contributed by atoms with van der Waals surface area (Å²) in [7, 11) is 0. The van der Waals surface area contributed by atoms with E-state index in [-0.39, 0.29) is 12.1 Å². The first-order chi connectivity index (χ1) is 11.8. The highest BCUT2D eigenvalue weighted by Crippen LogP contribution is 2.23. The number of hydrogen-bond donors (Lipinski definition) is 2. The fourth-order valence-electron chi connectivity index (χ4n) is 2.75. The van der Waals surface area contributed by atoms with Gasteiger partial charge in [-0.25, -0.2) is 9.59 Å². The summed E-state index contributed by atoms with van der Waals surface area (Å²) in [4.78, 5) is 26.2. The second kappa shape index (κ2) is 8.43. The second-order valence-corrected chi connectivity index (χ2v) is 7.54. The Morgan fingerprint density at radius 3 is 2.68 bits per heavy atom. The lowest BCUT2D eigenvalue weighted by molar-refractivity contribution is 0.0505. The van der Waals surface area contributed by atoms with Crippen LogP contribution in [-0.2, 0) is 4.74 Å². The van der Waals surface area contributed by atoms with Gasteiger partial charge in [0.2, 0.25) is 0 Å². The summed E-state index contributed by atoms with van der Waals surface area (Å²) in [6.45, 7) is 6.46. The van der Waals surface area contributed by atoms with Gasteiger partial charge in [0.15, 0.2) is 0 Å². The Kier molecular flexibility index (Phi) is 6.53. The van der Waals surface area contributed by atoms with Crippen molar-refractivity contribution in [2.45, 2.75) is 51.7 Å². The number of halogens is 1. The molecule has 1 saturated heterocycles. The van der Waals surface area contributed by atoms with Crippen molar-refractivity contribution < 1.29 is 14.3 Å². The van der Waals surface area contributed by atoms with Crippen molar-refractivity contribution in [1.82, 2.24) is 10.2 Å². The van der Waals surface area contributed by atoms with Crippen LogP contribution in [0.1, 0.15) is 40.0 Å². The van der Waals surface area contributed by atoms with Crippen LogP contribution in [0.4, 0.5) is 15.3 Å². The lowest BCUT2D eigenvalue weighted by Crippen LogP contribution is -2.51. The van der Waals surface area contributed by atoms with Gasteiger partial charge in [0.1, 0.15) is 5.60 Å². The molecular weight excluding hydrogens is 342 g/mol. The van der Waals surface area contributed by atoms with Gasteiger partial charge >= 0.3 is 12.1 Å². The average Bonchev–Trinajstić information content (AvgIpc) is 2.54. The normalized spacial score (nSPS) is 17.8. The molecular formula is C18H26ClN3O3. The second-order valence-electron chi connectivity index (χ2n) is 7.14. The van der Waals surface area contributed by atoms with E-state index in [9.17, 15) is 9.59 Å². The maximum atomic E-state index is 12.6. The lowest BCUT2D eigenvalue weighted by Gasteiger charge is -2.36. The topological polar surface area (TPSA) is 70.7 Å². The van der Waals surface area contributed by atoms with Gasteiger partial charge in [-0.2, -0.15) is 0 Å². The van der Waals surface area contributed by atoms with Crippen LogP contribution in [0.5, 0.6) is 0 Å². The first-order valence-corrected chi connectivity index (χ1v) is 8.93. The minimum Gasteiger partial charge on any atom is -0.444 e. The fraction of sp³-hybridized carbons (Fsp3) is 0.556. The summed E-state index contributed by atoms with van der Waals surface area (Å²) < 4.78 is 5.25. The average molecular weight is 368 g/mol. The summed E-state index contributed by atoms with van der Waals surface area (Å²) in [6, 6.07) is 6.85. The standard InChI is InChI=1S/C18H26ClN3O3/c1-18(2,3)25-17(24)20-12-13-8-6-7-11-22(13)16(23)21-15-10-5-4-9-14(15)19/h4-5,9-10,13H,6-8,11-12H2,1-3H3,(H,20,24)(H,21,23)/t13-/m0/s1. The first kappa shape index (κ1) is 19.4. The maximum Gasteiger partial charge on any atom is 0.407 e. The number of anilines is 1. The van der Waals surface area contributed by atoms with E-state index in [1.54, 1.807) is 17.0 Å². The summed E-state index contributed by atoms with van der Waals surface area (Å²) >= 11 is 6.10. The zero-order valence-electron chi connectivity index (χ0n) is 15.0. The van der Waals surface area contributed by atoms with Gasteiger partial charge in [-0.05, 0) is 52.2 Å². The van der Waals surface area contributed by atoms with Crippen molar-refractivity contribution in [3.63, 3.8) is 0 Å². The number of nitrogens with one attached hydrogen (secondary N) is 2. The molecule has 1 aliphatic rings. The minimum absolute atomic E-state index is 0.0660.